The van der Waals surface area contributed by atoms with Crippen molar-refractivity contribution in [1.29, 1.82) is 0 Å². The number of hydrogen-bond donors (Lipinski definition) is 0. The van der Waals surface area contributed by atoms with Crippen LogP contribution in [0.25, 0.3) is 10.7 Å². The molecule has 0 fully saturated rings. The topological polar surface area (TPSA) is 68.2 Å². The largest absolute Gasteiger partial charge is 0.485 e. The van der Waals surface area contributed by atoms with Crippen molar-refractivity contribution >= 4 is 34.5 Å². The van der Waals surface area contributed by atoms with E-state index in [0.29, 0.717) is 39.4 Å². The van der Waals surface area contributed by atoms with Gasteiger partial charge >= 0.3 is 0 Å². The molecule has 0 saturated heterocycles. The van der Waals surface area contributed by atoms with Gasteiger partial charge in [-0.05, 0) is 19.1 Å². The SMILES string of the molecule is CC1CN(C(=O)c2csc(-c3cnccn3)n2)c2cccc(Cl)c2O1. The Balaban J connectivity index is 1.68. The summed E-state index contributed by atoms with van der Waals surface area (Å²) >= 11 is 7.58. The Morgan fingerprint density at radius 3 is 3.08 bits per heavy atom. The van der Waals surface area contributed by atoms with Crippen molar-refractivity contribution in [2.75, 3.05) is 11.4 Å². The van der Waals surface area contributed by atoms with Gasteiger partial charge in [0.25, 0.3) is 5.91 Å². The number of anilines is 1. The highest BCUT2D eigenvalue weighted by Crippen LogP contribution is 2.40. The molecule has 1 atom stereocenters. The summed E-state index contributed by atoms with van der Waals surface area (Å²) in [7, 11) is 0. The van der Waals surface area contributed by atoms with Crippen molar-refractivity contribution in [3.8, 4) is 16.5 Å². The van der Waals surface area contributed by atoms with Crippen LogP contribution in [-0.2, 0) is 0 Å². The van der Waals surface area contributed by atoms with Crippen LogP contribution in [-0.4, -0.2) is 33.5 Å². The number of amides is 1. The third-order valence-corrected chi connectivity index (χ3v) is 4.91. The van der Waals surface area contributed by atoms with Crippen LogP contribution >= 0.6 is 22.9 Å². The molecule has 0 aliphatic carbocycles. The van der Waals surface area contributed by atoms with Crippen LogP contribution in [0.3, 0.4) is 0 Å². The number of fused-ring (bicyclic) bond motifs is 1. The van der Waals surface area contributed by atoms with Gasteiger partial charge in [0.05, 0.1) is 23.5 Å². The molecule has 4 rings (SSSR count). The summed E-state index contributed by atoms with van der Waals surface area (Å²) in [4.78, 5) is 27.3. The zero-order chi connectivity index (χ0) is 17.4. The van der Waals surface area contributed by atoms with Gasteiger partial charge in [0, 0.05) is 17.8 Å². The van der Waals surface area contributed by atoms with E-state index in [4.69, 9.17) is 16.3 Å². The van der Waals surface area contributed by atoms with Gasteiger partial charge in [-0.25, -0.2) is 4.98 Å². The summed E-state index contributed by atoms with van der Waals surface area (Å²) in [5.41, 5.74) is 1.67. The Morgan fingerprint density at radius 1 is 1.40 bits per heavy atom. The second kappa shape index (κ2) is 6.42. The van der Waals surface area contributed by atoms with Crippen molar-refractivity contribution in [1.82, 2.24) is 15.0 Å². The lowest BCUT2D eigenvalue weighted by molar-refractivity contribution is 0.0957. The summed E-state index contributed by atoms with van der Waals surface area (Å²) in [6.45, 7) is 2.34. The molecule has 3 aromatic rings. The van der Waals surface area contributed by atoms with Crippen molar-refractivity contribution in [2.24, 2.45) is 0 Å². The van der Waals surface area contributed by atoms with E-state index < -0.39 is 0 Å². The molecule has 25 heavy (non-hydrogen) atoms. The highest BCUT2D eigenvalue weighted by molar-refractivity contribution is 7.13. The Hall–Kier alpha value is -2.51. The van der Waals surface area contributed by atoms with Crippen molar-refractivity contribution in [3.63, 3.8) is 0 Å². The number of rotatable bonds is 2. The molecule has 6 nitrogen and oxygen atoms in total. The second-order valence-electron chi connectivity index (χ2n) is 5.56. The smallest absolute Gasteiger partial charge is 0.278 e. The van der Waals surface area contributed by atoms with Crippen LogP contribution in [0.15, 0.2) is 42.2 Å². The number of para-hydroxylation sites is 1. The maximum atomic E-state index is 13.0. The predicted octanol–water partition coefficient (Wildman–Crippen LogP) is 3.68. The highest BCUT2D eigenvalue weighted by Gasteiger charge is 2.31. The zero-order valence-electron chi connectivity index (χ0n) is 13.2. The number of halogens is 1. The molecule has 0 radical (unpaired) electrons. The van der Waals surface area contributed by atoms with Crippen LogP contribution in [0.1, 0.15) is 17.4 Å². The first-order chi connectivity index (χ1) is 12.1. The molecule has 0 saturated carbocycles. The first-order valence-corrected chi connectivity index (χ1v) is 8.88. The molecule has 3 heterocycles. The zero-order valence-corrected chi connectivity index (χ0v) is 14.8. The Labute approximate surface area is 153 Å². The van der Waals surface area contributed by atoms with Gasteiger partial charge < -0.3 is 4.74 Å². The van der Waals surface area contributed by atoms with Crippen molar-refractivity contribution in [2.45, 2.75) is 13.0 Å². The lowest BCUT2D eigenvalue weighted by Crippen LogP contribution is -2.42. The Morgan fingerprint density at radius 2 is 2.28 bits per heavy atom. The van der Waals surface area contributed by atoms with E-state index in [-0.39, 0.29) is 12.0 Å². The van der Waals surface area contributed by atoms with E-state index in [0.717, 1.165) is 0 Å². The first-order valence-electron chi connectivity index (χ1n) is 7.62. The van der Waals surface area contributed by atoms with Gasteiger partial charge in [-0.3, -0.25) is 19.7 Å². The van der Waals surface area contributed by atoms with Crippen LogP contribution in [0.4, 0.5) is 5.69 Å². The monoisotopic (exact) mass is 372 g/mol. The Bertz CT molecular complexity index is 931. The molecule has 1 aliphatic heterocycles. The summed E-state index contributed by atoms with van der Waals surface area (Å²) in [5, 5.41) is 2.88. The molecule has 126 valence electrons. The van der Waals surface area contributed by atoms with Crippen LogP contribution in [0.5, 0.6) is 5.75 Å². The molecule has 1 amide bonds. The standard InChI is InChI=1S/C17H13ClN4O2S/c1-10-8-22(14-4-2-3-11(18)15(14)24-10)17(23)13-9-25-16(21-13)12-7-19-5-6-20-12/h2-7,9-10H,8H2,1H3. The van der Waals surface area contributed by atoms with Gasteiger partial charge in [-0.15, -0.1) is 11.3 Å². The minimum absolute atomic E-state index is 0.158. The highest BCUT2D eigenvalue weighted by atomic mass is 35.5. The van der Waals surface area contributed by atoms with Crippen LogP contribution in [0.2, 0.25) is 5.02 Å². The molecule has 0 N–H and O–H groups in total. The lowest BCUT2D eigenvalue weighted by atomic mass is 10.2. The molecule has 2 aromatic heterocycles. The molecule has 1 aromatic carbocycles. The van der Waals surface area contributed by atoms with E-state index in [9.17, 15) is 4.79 Å². The van der Waals surface area contributed by atoms with Gasteiger partial charge in [0.15, 0.2) is 5.75 Å². The van der Waals surface area contributed by atoms with Gasteiger partial charge in [-0.2, -0.15) is 0 Å². The number of aromatic nitrogens is 3. The third kappa shape index (κ3) is 2.96. The van der Waals surface area contributed by atoms with Crippen molar-refractivity contribution < 1.29 is 9.53 Å². The van der Waals surface area contributed by atoms with Crippen molar-refractivity contribution in [3.05, 3.63) is 52.9 Å². The second-order valence-corrected chi connectivity index (χ2v) is 6.83. The summed E-state index contributed by atoms with van der Waals surface area (Å²) in [5.74, 6) is 0.339. The summed E-state index contributed by atoms with van der Waals surface area (Å²) in [6.07, 6.45) is 4.66. The molecule has 1 aliphatic rings. The molecule has 0 spiro atoms. The lowest BCUT2D eigenvalue weighted by Gasteiger charge is -2.33. The molecular weight excluding hydrogens is 360 g/mol. The number of carbonyl (C=O) groups is 1. The fraction of sp³-hybridized carbons (Fsp3) is 0.176. The predicted molar refractivity (Wildman–Crippen MR) is 96.4 cm³/mol. The van der Waals surface area contributed by atoms with E-state index in [1.54, 1.807) is 41.0 Å². The molecule has 1 unspecified atom stereocenters. The molecule has 8 heteroatoms. The number of nitrogens with zero attached hydrogens (tertiary/aromatic N) is 4. The third-order valence-electron chi connectivity index (χ3n) is 3.75. The minimum atomic E-state index is -0.190. The van der Waals surface area contributed by atoms with Gasteiger partial charge in [0.1, 0.15) is 22.5 Å². The van der Waals surface area contributed by atoms with E-state index in [1.807, 2.05) is 13.0 Å². The summed E-state index contributed by atoms with van der Waals surface area (Å²) in [6, 6.07) is 5.36. The number of benzene rings is 1. The molecule has 0 bridgehead atoms. The normalized spacial score (nSPS) is 16.2. The fourth-order valence-corrected chi connectivity index (χ4v) is 3.62. The number of carbonyl (C=O) groups excluding carboxylic acids is 1. The average molecular weight is 373 g/mol. The fourth-order valence-electron chi connectivity index (χ4n) is 2.65. The Kier molecular flexibility index (Phi) is 4.10. The maximum absolute atomic E-state index is 13.0. The molecular formula is C17H13ClN4O2S. The number of thiazole rings is 1. The number of hydrogen-bond acceptors (Lipinski definition) is 6. The van der Waals surface area contributed by atoms with E-state index in [2.05, 4.69) is 15.0 Å². The van der Waals surface area contributed by atoms with E-state index >= 15 is 0 Å². The maximum Gasteiger partial charge on any atom is 0.278 e. The minimum Gasteiger partial charge on any atom is -0.485 e. The van der Waals surface area contributed by atoms with Gasteiger partial charge in [-0.1, -0.05) is 17.7 Å². The summed E-state index contributed by atoms with van der Waals surface area (Å²) < 4.78 is 5.79. The van der Waals surface area contributed by atoms with Crippen LogP contribution in [0, 0.1) is 0 Å². The quantitative estimate of drug-likeness (QED) is 0.686. The van der Waals surface area contributed by atoms with Crippen LogP contribution < -0.4 is 9.64 Å². The first kappa shape index (κ1) is 16.0. The average Bonchev–Trinajstić information content (AvgIpc) is 3.12. The van der Waals surface area contributed by atoms with Gasteiger partial charge in [0.2, 0.25) is 0 Å². The number of ether oxygens (including phenoxy) is 1. The van der Waals surface area contributed by atoms with E-state index in [1.165, 1.54) is 11.3 Å².